The fourth-order valence-corrected chi connectivity index (χ4v) is 11.4. The van der Waals surface area contributed by atoms with Crippen LogP contribution >= 0.6 is 0 Å². The molecule has 0 bridgehead atoms. The highest BCUT2D eigenvalue weighted by Crippen LogP contribution is 2.36. The highest BCUT2D eigenvalue weighted by Gasteiger charge is 2.41. The number of fused-ring (bicyclic) bond motifs is 3. The summed E-state index contributed by atoms with van der Waals surface area (Å²) < 4.78 is 0. The molecule has 0 saturated carbocycles. The summed E-state index contributed by atoms with van der Waals surface area (Å²) in [5.41, 5.74) is 14.8. The van der Waals surface area contributed by atoms with Crippen molar-refractivity contribution in [1.82, 2.24) is 19.9 Å². The van der Waals surface area contributed by atoms with Gasteiger partial charge in [-0.05, 0) is 62.5 Å². The smallest absolute Gasteiger partial charge is 0.160 e. The third kappa shape index (κ3) is 6.38. The van der Waals surface area contributed by atoms with Gasteiger partial charge in [0.2, 0.25) is 0 Å². The van der Waals surface area contributed by atoms with E-state index in [4.69, 9.17) is 19.9 Å². The second-order valence-corrected chi connectivity index (χ2v) is 19.4. The van der Waals surface area contributed by atoms with Gasteiger partial charge in [0.25, 0.3) is 0 Å². The minimum atomic E-state index is -2.03. The van der Waals surface area contributed by atoms with Crippen LogP contribution in [0.4, 0.5) is 0 Å². The van der Waals surface area contributed by atoms with Gasteiger partial charge in [-0.15, -0.1) is 0 Å². The lowest BCUT2D eigenvalue weighted by molar-refractivity contribution is 1.18. The van der Waals surface area contributed by atoms with Crippen molar-refractivity contribution in [2.45, 2.75) is 13.1 Å². The largest absolute Gasteiger partial charge is 0.228 e. The van der Waals surface area contributed by atoms with E-state index >= 15 is 0 Å². The van der Waals surface area contributed by atoms with Crippen molar-refractivity contribution < 1.29 is 0 Å². The van der Waals surface area contributed by atoms with Crippen LogP contribution < -0.4 is 10.4 Å². The first-order valence-corrected chi connectivity index (χ1v) is 22.4. The monoisotopic (exact) mass is 746 g/mol. The predicted molar refractivity (Wildman–Crippen MR) is 238 cm³/mol. The number of hydrogen-bond donors (Lipinski definition) is 0. The molecule has 3 heterocycles. The van der Waals surface area contributed by atoms with Gasteiger partial charge in [0.05, 0.1) is 22.8 Å². The fraction of sp³-hybridized carbons (Fsp3) is 0.0385. The Morgan fingerprint density at radius 2 is 0.737 bits per heavy atom. The van der Waals surface area contributed by atoms with Gasteiger partial charge in [-0.3, -0.25) is 0 Å². The van der Waals surface area contributed by atoms with E-state index < -0.39 is 8.07 Å². The van der Waals surface area contributed by atoms with Gasteiger partial charge in [0.1, 0.15) is 8.07 Å². The predicted octanol–water partition coefficient (Wildman–Crippen LogP) is 11.7. The second-order valence-electron chi connectivity index (χ2n) is 15.1. The molecule has 2 aromatic heterocycles. The van der Waals surface area contributed by atoms with Crippen molar-refractivity contribution in [3.63, 3.8) is 0 Å². The van der Waals surface area contributed by atoms with Crippen molar-refractivity contribution >= 4 is 18.4 Å². The fourth-order valence-electron chi connectivity index (χ4n) is 8.19. The van der Waals surface area contributed by atoms with E-state index in [-0.39, 0.29) is 0 Å². The van der Waals surface area contributed by atoms with Crippen molar-refractivity contribution in [3.8, 4) is 90.1 Å². The summed E-state index contributed by atoms with van der Waals surface area (Å²) in [6.07, 6.45) is 0. The zero-order valence-corrected chi connectivity index (χ0v) is 32.8. The van der Waals surface area contributed by atoms with Gasteiger partial charge < -0.3 is 0 Å². The number of nitrogens with zero attached hydrogens (tertiary/aromatic N) is 4. The Labute approximate surface area is 334 Å². The molecular formula is C52H38N4Si. The Kier molecular flexibility index (Phi) is 8.58. The minimum absolute atomic E-state index is 0.706. The van der Waals surface area contributed by atoms with E-state index in [1.165, 1.54) is 15.9 Å². The maximum Gasteiger partial charge on any atom is 0.160 e. The lowest BCUT2D eigenvalue weighted by atomic mass is 9.96. The average Bonchev–Trinajstić information content (AvgIpc) is 3.52. The lowest BCUT2D eigenvalue weighted by Crippen LogP contribution is -2.50. The molecule has 5 heteroatoms. The van der Waals surface area contributed by atoms with Gasteiger partial charge in [0, 0.05) is 27.8 Å². The molecule has 270 valence electrons. The molecule has 0 saturated heterocycles. The van der Waals surface area contributed by atoms with Crippen LogP contribution in [0.25, 0.3) is 90.1 Å². The molecule has 1 aliphatic rings. The van der Waals surface area contributed by atoms with Crippen molar-refractivity contribution in [2.75, 3.05) is 0 Å². The van der Waals surface area contributed by atoms with Gasteiger partial charge in [-0.2, -0.15) is 0 Å². The molecule has 0 amide bonds. The van der Waals surface area contributed by atoms with E-state index in [9.17, 15) is 0 Å². The van der Waals surface area contributed by atoms with Gasteiger partial charge in [-0.25, -0.2) is 19.9 Å². The van der Waals surface area contributed by atoms with E-state index in [1.807, 2.05) is 36.4 Å². The molecule has 0 spiro atoms. The molecule has 0 atom stereocenters. The third-order valence-corrected chi connectivity index (χ3v) is 14.6. The first-order valence-electron chi connectivity index (χ1n) is 19.4. The SMILES string of the molecule is C[Si]1(C)c2ccccc2-c2nc(-c3cccc(-c4cccc(-c5cccc(-c6cc(-c7ccccc7)nc(-c7ccccc7)n6)c5)c4)c3)nc(-c3ccccc3)c21. The second kappa shape index (κ2) is 14.2. The molecule has 7 aromatic carbocycles. The number of rotatable bonds is 7. The number of aromatic nitrogens is 4. The zero-order chi connectivity index (χ0) is 38.3. The van der Waals surface area contributed by atoms with E-state index in [0.29, 0.717) is 5.82 Å². The summed E-state index contributed by atoms with van der Waals surface area (Å²) >= 11 is 0. The van der Waals surface area contributed by atoms with Crippen molar-refractivity contribution in [1.29, 1.82) is 0 Å². The molecule has 0 N–H and O–H groups in total. The van der Waals surface area contributed by atoms with Crippen LogP contribution in [-0.2, 0) is 0 Å². The summed E-state index contributed by atoms with van der Waals surface area (Å²) in [5.74, 6) is 1.45. The van der Waals surface area contributed by atoms with E-state index in [2.05, 4.69) is 171 Å². The van der Waals surface area contributed by atoms with E-state index in [0.717, 1.165) is 78.7 Å². The van der Waals surface area contributed by atoms with Crippen molar-refractivity contribution in [3.05, 3.63) is 194 Å². The van der Waals surface area contributed by atoms with Crippen LogP contribution in [0.2, 0.25) is 13.1 Å². The lowest BCUT2D eigenvalue weighted by Gasteiger charge is -2.21. The van der Waals surface area contributed by atoms with Crippen LogP contribution in [0, 0.1) is 0 Å². The molecule has 10 rings (SSSR count). The normalized spacial score (nSPS) is 12.5. The van der Waals surface area contributed by atoms with Crippen LogP contribution in [0.3, 0.4) is 0 Å². The number of benzene rings is 7. The highest BCUT2D eigenvalue weighted by molar-refractivity contribution is 7.04. The third-order valence-electron chi connectivity index (χ3n) is 11.1. The molecule has 0 fully saturated rings. The van der Waals surface area contributed by atoms with Crippen molar-refractivity contribution in [2.24, 2.45) is 0 Å². The maximum absolute atomic E-state index is 5.37. The van der Waals surface area contributed by atoms with Crippen LogP contribution in [0.1, 0.15) is 0 Å². The topological polar surface area (TPSA) is 51.6 Å². The van der Waals surface area contributed by atoms with Crippen LogP contribution in [0.5, 0.6) is 0 Å². The summed E-state index contributed by atoms with van der Waals surface area (Å²) in [5, 5.41) is 2.74. The Hall–Kier alpha value is -7.08. The summed E-state index contributed by atoms with van der Waals surface area (Å²) in [6, 6.07) is 68.1. The Morgan fingerprint density at radius 1 is 0.316 bits per heavy atom. The van der Waals surface area contributed by atoms with Gasteiger partial charge in [-0.1, -0.05) is 183 Å². The molecule has 4 nitrogen and oxygen atoms in total. The zero-order valence-electron chi connectivity index (χ0n) is 31.8. The first-order chi connectivity index (χ1) is 28.0. The minimum Gasteiger partial charge on any atom is -0.228 e. The average molecular weight is 747 g/mol. The van der Waals surface area contributed by atoms with Gasteiger partial charge >= 0.3 is 0 Å². The quantitative estimate of drug-likeness (QED) is 0.152. The van der Waals surface area contributed by atoms with Gasteiger partial charge in [0.15, 0.2) is 11.6 Å². The molecule has 0 radical (unpaired) electrons. The molecule has 57 heavy (non-hydrogen) atoms. The Balaban J connectivity index is 1.03. The van der Waals surface area contributed by atoms with Crippen LogP contribution in [0.15, 0.2) is 194 Å². The molecular weight excluding hydrogens is 709 g/mol. The molecule has 9 aromatic rings. The molecule has 0 unspecified atom stereocenters. The highest BCUT2D eigenvalue weighted by atomic mass is 28.3. The summed E-state index contributed by atoms with van der Waals surface area (Å²) in [4.78, 5) is 20.8. The summed E-state index contributed by atoms with van der Waals surface area (Å²) in [6.45, 7) is 4.85. The first kappa shape index (κ1) is 34.4. The van der Waals surface area contributed by atoms with Crippen LogP contribution in [-0.4, -0.2) is 28.0 Å². The summed E-state index contributed by atoms with van der Waals surface area (Å²) in [7, 11) is -2.03. The van der Waals surface area contributed by atoms with E-state index in [1.54, 1.807) is 0 Å². The number of hydrogen-bond acceptors (Lipinski definition) is 4. The standard InChI is InChI=1S/C52H38N4Si/c1-57(2)47-30-13-12-29-44(47)49-50(57)48(36-19-8-4-9-20-36)55-52(56-49)43-28-16-26-41(33-43)39-24-14-23-38(31-39)40-25-15-27-42(32-40)46-34-45(35-17-6-3-7-18-35)53-51(54-46)37-21-10-5-11-22-37/h3-34H,1-2H3. The molecule has 0 aliphatic carbocycles. The molecule has 1 aliphatic heterocycles. The Bertz CT molecular complexity index is 2870. The maximum atomic E-state index is 5.37. The Morgan fingerprint density at radius 3 is 1.37 bits per heavy atom.